The van der Waals surface area contributed by atoms with Gasteiger partial charge in [0.05, 0.1) is 24.4 Å². The molecule has 11 unspecified atom stereocenters. The second-order valence-electron chi connectivity index (χ2n) is 13.4. The molecule has 0 heterocycles. The predicted molar refractivity (Wildman–Crippen MR) is 128 cm³/mol. The quantitative estimate of drug-likeness (QED) is 0.496. The standard InChI is InChI=1S/C28H48O5/c1-14(2)15(3)25(32)26(33)16(4)18-7-8-19-17-11-22(29)21-12-23(30)24(31)13-28(21,6)20(17)9-10-27(18,19)5/h14-21,23-26,30-33H,7-13H2,1-6H3/t15?,16?,17?,18?,19?,20?,21?,23-,24-,25?,26?,27?,28?/m0/s1. The van der Waals surface area contributed by atoms with E-state index in [-0.39, 0.29) is 34.4 Å². The van der Waals surface area contributed by atoms with Gasteiger partial charge >= 0.3 is 0 Å². The minimum Gasteiger partial charge on any atom is -0.390 e. The summed E-state index contributed by atoms with van der Waals surface area (Å²) in [5.74, 6) is 2.05. The fraction of sp³-hybridized carbons (Fsp3) is 0.964. The molecule has 33 heavy (non-hydrogen) atoms. The third kappa shape index (κ3) is 3.93. The van der Waals surface area contributed by atoms with Crippen LogP contribution in [0, 0.1) is 58.2 Å². The van der Waals surface area contributed by atoms with Crippen molar-refractivity contribution < 1.29 is 25.2 Å². The highest BCUT2D eigenvalue weighted by molar-refractivity contribution is 5.83. The molecule has 4 N–H and O–H groups in total. The zero-order valence-corrected chi connectivity index (χ0v) is 21.6. The number of carbonyl (C=O) groups excluding carboxylic acids is 1. The van der Waals surface area contributed by atoms with Crippen LogP contribution in [0.15, 0.2) is 0 Å². The number of carbonyl (C=O) groups is 1. The van der Waals surface area contributed by atoms with E-state index in [2.05, 4.69) is 34.6 Å². The van der Waals surface area contributed by atoms with E-state index < -0.39 is 24.4 Å². The van der Waals surface area contributed by atoms with Crippen molar-refractivity contribution in [2.75, 3.05) is 0 Å². The summed E-state index contributed by atoms with van der Waals surface area (Å²) in [5, 5.41) is 42.8. The number of aliphatic hydroxyl groups is 4. The molecule has 5 nitrogen and oxygen atoms in total. The first kappa shape index (κ1) is 25.6. The Morgan fingerprint density at radius 3 is 2.15 bits per heavy atom. The Morgan fingerprint density at radius 1 is 0.879 bits per heavy atom. The van der Waals surface area contributed by atoms with Crippen LogP contribution >= 0.6 is 0 Å². The molecule has 0 bridgehead atoms. The maximum absolute atomic E-state index is 13.3. The summed E-state index contributed by atoms with van der Waals surface area (Å²) in [7, 11) is 0. The maximum Gasteiger partial charge on any atom is 0.136 e. The molecule has 4 saturated carbocycles. The third-order valence-electron chi connectivity index (χ3n) is 11.7. The molecule has 0 aliphatic heterocycles. The molecule has 0 spiro atoms. The first-order valence-electron chi connectivity index (χ1n) is 13.6. The number of Topliss-reactive ketones (excluding diaryl/α,β-unsaturated/α-hetero) is 1. The average Bonchev–Trinajstić information content (AvgIpc) is 3.10. The molecule has 4 fully saturated rings. The molecule has 190 valence electrons. The van der Waals surface area contributed by atoms with Gasteiger partial charge in [0.15, 0.2) is 0 Å². The molecule has 0 amide bonds. The number of fused-ring (bicyclic) bond motifs is 5. The van der Waals surface area contributed by atoms with Crippen LogP contribution < -0.4 is 0 Å². The summed E-state index contributed by atoms with van der Waals surface area (Å²) in [6, 6.07) is 0. The van der Waals surface area contributed by atoms with Crippen LogP contribution in [0.5, 0.6) is 0 Å². The van der Waals surface area contributed by atoms with Gasteiger partial charge in [0.25, 0.3) is 0 Å². The van der Waals surface area contributed by atoms with Crippen molar-refractivity contribution in [1.82, 2.24) is 0 Å². The second kappa shape index (κ2) is 8.87. The summed E-state index contributed by atoms with van der Waals surface area (Å²) >= 11 is 0. The number of hydrogen-bond acceptors (Lipinski definition) is 5. The van der Waals surface area contributed by atoms with Crippen molar-refractivity contribution in [3.05, 3.63) is 0 Å². The normalized spacial score (nSPS) is 49.1. The smallest absolute Gasteiger partial charge is 0.136 e. The van der Waals surface area contributed by atoms with Crippen LogP contribution in [0.1, 0.15) is 86.5 Å². The lowest BCUT2D eigenvalue weighted by Crippen LogP contribution is -2.59. The number of ketones is 1. The Labute approximate surface area is 200 Å². The van der Waals surface area contributed by atoms with Crippen LogP contribution in [0.2, 0.25) is 0 Å². The lowest BCUT2D eigenvalue weighted by Gasteiger charge is -2.61. The van der Waals surface area contributed by atoms with E-state index in [9.17, 15) is 25.2 Å². The van der Waals surface area contributed by atoms with Gasteiger partial charge in [0, 0.05) is 12.3 Å². The van der Waals surface area contributed by atoms with E-state index in [4.69, 9.17) is 0 Å². The van der Waals surface area contributed by atoms with E-state index in [0.717, 1.165) is 25.7 Å². The van der Waals surface area contributed by atoms with Gasteiger partial charge in [-0.3, -0.25) is 4.79 Å². The van der Waals surface area contributed by atoms with Gasteiger partial charge in [0.1, 0.15) is 5.78 Å². The van der Waals surface area contributed by atoms with Gasteiger partial charge in [0.2, 0.25) is 0 Å². The maximum atomic E-state index is 13.3. The van der Waals surface area contributed by atoms with Crippen LogP contribution in [0.3, 0.4) is 0 Å². The summed E-state index contributed by atoms with van der Waals surface area (Å²) in [5.41, 5.74) is -0.162. The van der Waals surface area contributed by atoms with Gasteiger partial charge in [-0.2, -0.15) is 0 Å². The molecular formula is C28H48O5. The first-order chi connectivity index (χ1) is 15.3. The monoisotopic (exact) mass is 464 g/mol. The van der Waals surface area contributed by atoms with Gasteiger partial charge in [-0.05, 0) is 90.8 Å². The highest BCUT2D eigenvalue weighted by Crippen LogP contribution is 2.67. The van der Waals surface area contributed by atoms with Crippen LogP contribution in [0.4, 0.5) is 0 Å². The zero-order valence-electron chi connectivity index (χ0n) is 21.6. The SMILES string of the molecule is CC(C)C(C)C(O)C(O)C(C)C1CCC2C3CC(=O)C4C[C@H](O)[C@@H](O)CC4(C)C3CCC12C. The molecule has 0 aromatic rings. The van der Waals surface area contributed by atoms with Gasteiger partial charge in [-0.1, -0.05) is 41.5 Å². The lowest BCUT2D eigenvalue weighted by atomic mass is 9.44. The number of aliphatic hydroxyl groups excluding tert-OH is 4. The molecule has 0 aromatic heterocycles. The fourth-order valence-electron chi connectivity index (χ4n) is 9.23. The summed E-state index contributed by atoms with van der Waals surface area (Å²) in [4.78, 5) is 13.3. The molecule has 0 saturated heterocycles. The Morgan fingerprint density at radius 2 is 1.52 bits per heavy atom. The fourth-order valence-corrected chi connectivity index (χ4v) is 9.23. The van der Waals surface area contributed by atoms with E-state index in [1.807, 2.05) is 6.92 Å². The molecular weight excluding hydrogens is 416 g/mol. The van der Waals surface area contributed by atoms with Crippen molar-refractivity contribution in [1.29, 1.82) is 0 Å². The van der Waals surface area contributed by atoms with E-state index in [1.54, 1.807) is 0 Å². The highest BCUT2D eigenvalue weighted by atomic mass is 16.3. The lowest BCUT2D eigenvalue weighted by molar-refractivity contribution is -0.175. The topological polar surface area (TPSA) is 98.0 Å². The van der Waals surface area contributed by atoms with Gasteiger partial charge < -0.3 is 20.4 Å². The summed E-state index contributed by atoms with van der Waals surface area (Å²) in [6.45, 7) is 12.9. The zero-order chi connectivity index (χ0) is 24.5. The Balaban J connectivity index is 1.56. The summed E-state index contributed by atoms with van der Waals surface area (Å²) in [6.07, 6.45) is 2.80. The van der Waals surface area contributed by atoms with E-state index in [1.165, 1.54) is 0 Å². The molecule has 4 rings (SSSR count). The molecule has 4 aliphatic carbocycles. The van der Waals surface area contributed by atoms with Crippen molar-refractivity contribution in [3.8, 4) is 0 Å². The van der Waals surface area contributed by atoms with Gasteiger partial charge in [-0.25, -0.2) is 0 Å². The van der Waals surface area contributed by atoms with Crippen LogP contribution in [-0.4, -0.2) is 50.6 Å². The van der Waals surface area contributed by atoms with Crippen LogP contribution in [0.25, 0.3) is 0 Å². The molecule has 0 radical (unpaired) electrons. The third-order valence-corrected chi connectivity index (χ3v) is 11.7. The largest absolute Gasteiger partial charge is 0.390 e. The number of hydrogen-bond donors (Lipinski definition) is 4. The van der Waals surface area contributed by atoms with Crippen molar-refractivity contribution in [2.24, 2.45) is 58.2 Å². The Kier molecular flexibility index (Phi) is 6.88. The van der Waals surface area contributed by atoms with Crippen LogP contribution in [-0.2, 0) is 4.79 Å². The van der Waals surface area contributed by atoms with E-state index >= 15 is 0 Å². The second-order valence-corrected chi connectivity index (χ2v) is 13.4. The van der Waals surface area contributed by atoms with Gasteiger partial charge in [-0.15, -0.1) is 0 Å². The van der Waals surface area contributed by atoms with E-state index in [0.29, 0.717) is 48.9 Å². The molecule has 0 aromatic carbocycles. The highest BCUT2D eigenvalue weighted by Gasteiger charge is 2.63. The average molecular weight is 465 g/mol. The first-order valence-corrected chi connectivity index (χ1v) is 13.6. The molecule has 4 aliphatic rings. The number of rotatable bonds is 5. The predicted octanol–water partition coefficient (Wildman–Crippen LogP) is 3.81. The molecule has 13 atom stereocenters. The van der Waals surface area contributed by atoms with Crippen molar-refractivity contribution in [2.45, 2.75) is 111 Å². The Hall–Kier alpha value is -0.490. The van der Waals surface area contributed by atoms with Crippen molar-refractivity contribution >= 4 is 5.78 Å². The minimum atomic E-state index is -0.782. The summed E-state index contributed by atoms with van der Waals surface area (Å²) < 4.78 is 0. The minimum absolute atomic E-state index is 0.0158. The molecule has 5 heteroatoms. The Bertz CT molecular complexity index is 738. The van der Waals surface area contributed by atoms with Crippen molar-refractivity contribution in [3.63, 3.8) is 0 Å².